The third-order valence-corrected chi connectivity index (χ3v) is 3.38. The number of rotatable bonds is 6. The van der Waals surface area contributed by atoms with E-state index in [0.29, 0.717) is 12.5 Å². The van der Waals surface area contributed by atoms with E-state index in [1.54, 1.807) is 0 Å². The maximum atomic E-state index is 11.7. The van der Waals surface area contributed by atoms with Gasteiger partial charge >= 0.3 is 0 Å². The van der Waals surface area contributed by atoms with Crippen LogP contribution in [0.2, 0.25) is 0 Å². The van der Waals surface area contributed by atoms with E-state index in [1.807, 2.05) is 11.9 Å². The minimum absolute atomic E-state index is 0. The molecule has 17 heavy (non-hydrogen) atoms. The van der Waals surface area contributed by atoms with Gasteiger partial charge in [0.15, 0.2) is 0 Å². The van der Waals surface area contributed by atoms with Gasteiger partial charge in [0.2, 0.25) is 5.91 Å². The lowest BCUT2D eigenvalue weighted by atomic mass is 10.1. The van der Waals surface area contributed by atoms with E-state index in [9.17, 15) is 4.79 Å². The van der Waals surface area contributed by atoms with E-state index < -0.39 is 0 Å². The predicted molar refractivity (Wildman–Crippen MR) is 73.6 cm³/mol. The van der Waals surface area contributed by atoms with Crippen LogP contribution >= 0.6 is 12.4 Å². The van der Waals surface area contributed by atoms with Gasteiger partial charge < -0.3 is 15.1 Å². The standard InChI is InChI=1S/C12H25N3O.ClH/c1-4-14(5-2)9-11-6-7-15(10-11)12(16)8-13-3;/h11,13H,4-10H2,1-3H3;1H. The first-order chi connectivity index (χ1) is 7.71. The van der Waals surface area contributed by atoms with E-state index in [2.05, 4.69) is 24.1 Å². The highest BCUT2D eigenvalue weighted by molar-refractivity contribution is 5.85. The summed E-state index contributed by atoms with van der Waals surface area (Å²) in [5, 5.41) is 2.92. The van der Waals surface area contributed by atoms with Crippen molar-refractivity contribution >= 4 is 18.3 Å². The topological polar surface area (TPSA) is 35.6 Å². The molecule has 1 amide bonds. The highest BCUT2D eigenvalue weighted by Crippen LogP contribution is 2.17. The Hall–Kier alpha value is -0.320. The average molecular weight is 264 g/mol. The molecular weight excluding hydrogens is 238 g/mol. The molecule has 0 aliphatic carbocycles. The molecule has 0 aromatic rings. The van der Waals surface area contributed by atoms with Crippen molar-refractivity contribution < 1.29 is 4.79 Å². The number of likely N-dealkylation sites (N-methyl/N-ethyl adjacent to an activating group) is 1. The van der Waals surface area contributed by atoms with Gasteiger partial charge in [-0.25, -0.2) is 0 Å². The van der Waals surface area contributed by atoms with E-state index in [-0.39, 0.29) is 18.3 Å². The third kappa shape index (κ3) is 5.23. The van der Waals surface area contributed by atoms with Gasteiger partial charge in [0.05, 0.1) is 6.54 Å². The van der Waals surface area contributed by atoms with Gasteiger partial charge in [0, 0.05) is 19.6 Å². The molecule has 1 aliphatic heterocycles. The molecule has 1 unspecified atom stereocenters. The van der Waals surface area contributed by atoms with Crippen molar-refractivity contribution in [3.8, 4) is 0 Å². The van der Waals surface area contributed by atoms with Gasteiger partial charge in [-0.2, -0.15) is 0 Å². The molecule has 0 aromatic carbocycles. The first kappa shape index (κ1) is 16.7. The van der Waals surface area contributed by atoms with Crippen molar-refractivity contribution in [3.63, 3.8) is 0 Å². The van der Waals surface area contributed by atoms with Crippen LogP contribution in [-0.4, -0.2) is 62.0 Å². The molecule has 1 rings (SSSR count). The first-order valence-corrected chi connectivity index (χ1v) is 6.35. The second kappa shape index (κ2) is 8.72. The molecule has 0 spiro atoms. The molecule has 1 fully saturated rings. The van der Waals surface area contributed by atoms with Gasteiger partial charge in [-0.3, -0.25) is 4.79 Å². The summed E-state index contributed by atoms with van der Waals surface area (Å²) in [7, 11) is 1.82. The quantitative estimate of drug-likeness (QED) is 0.771. The fourth-order valence-corrected chi connectivity index (χ4v) is 2.32. The van der Waals surface area contributed by atoms with Crippen LogP contribution in [0.4, 0.5) is 0 Å². The normalized spacial score (nSPS) is 19.5. The fourth-order valence-electron chi connectivity index (χ4n) is 2.32. The minimum Gasteiger partial charge on any atom is -0.341 e. The number of likely N-dealkylation sites (tertiary alicyclic amines) is 1. The molecule has 1 heterocycles. The number of hydrogen-bond acceptors (Lipinski definition) is 3. The van der Waals surface area contributed by atoms with Gasteiger partial charge in [-0.05, 0) is 32.5 Å². The van der Waals surface area contributed by atoms with Crippen LogP contribution in [0, 0.1) is 5.92 Å². The van der Waals surface area contributed by atoms with E-state index in [0.717, 1.165) is 39.1 Å². The molecule has 0 bridgehead atoms. The predicted octanol–water partition coefficient (Wildman–Crippen LogP) is 0.818. The SMILES string of the molecule is CCN(CC)CC1CCN(C(=O)CNC)C1.Cl. The average Bonchev–Trinajstić information content (AvgIpc) is 2.74. The van der Waals surface area contributed by atoms with Crippen molar-refractivity contribution in [1.82, 2.24) is 15.1 Å². The number of halogens is 1. The lowest BCUT2D eigenvalue weighted by Crippen LogP contribution is -2.37. The van der Waals surface area contributed by atoms with Crippen molar-refractivity contribution in [2.24, 2.45) is 5.92 Å². The van der Waals surface area contributed by atoms with Crippen molar-refractivity contribution in [1.29, 1.82) is 0 Å². The van der Waals surface area contributed by atoms with E-state index in [4.69, 9.17) is 0 Å². The Bertz CT molecular complexity index is 222. The van der Waals surface area contributed by atoms with Crippen LogP contribution in [0.1, 0.15) is 20.3 Å². The number of carbonyl (C=O) groups excluding carboxylic acids is 1. The van der Waals surface area contributed by atoms with Crippen LogP contribution in [0.25, 0.3) is 0 Å². The molecule has 1 aliphatic rings. The monoisotopic (exact) mass is 263 g/mol. The highest BCUT2D eigenvalue weighted by atomic mass is 35.5. The molecular formula is C12H26ClN3O. The summed E-state index contributed by atoms with van der Waals surface area (Å²) in [4.78, 5) is 16.1. The maximum absolute atomic E-state index is 11.7. The molecule has 5 heteroatoms. The Morgan fingerprint density at radius 2 is 2.06 bits per heavy atom. The Kier molecular flexibility index (Phi) is 8.56. The van der Waals surface area contributed by atoms with Gasteiger partial charge in [-0.15, -0.1) is 12.4 Å². The minimum atomic E-state index is 0. The summed E-state index contributed by atoms with van der Waals surface area (Å²) < 4.78 is 0. The van der Waals surface area contributed by atoms with Crippen molar-refractivity contribution in [2.75, 3.05) is 46.3 Å². The Balaban J connectivity index is 0.00000256. The zero-order valence-electron chi connectivity index (χ0n) is 11.2. The Morgan fingerprint density at radius 3 is 2.59 bits per heavy atom. The third-order valence-electron chi connectivity index (χ3n) is 3.38. The van der Waals surface area contributed by atoms with Crippen LogP contribution in [0.15, 0.2) is 0 Å². The summed E-state index contributed by atoms with van der Waals surface area (Å²) in [5.74, 6) is 0.908. The first-order valence-electron chi connectivity index (χ1n) is 6.35. The molecule has 1 saturated heterocycles. The molecule has 4 nitrogen and oxygen atoms in total. The number of nitrogens with zero attached hydrogens (tertiary/aromatic N) is 2. The fraction of sp³-hybridized carbons (Fsp3) is 0.917. The number of amides is 1. The Labute approximate surface area is 111 Å². The van der Waals surface area contributed by atoms with E-state index >= 15 is 0 Å². The second-order valence-electron chi connectivity index (χ2n) is 4.51. The second-order valence-corrected chi connectivity index (χ2v) is 4.51. The molecule has 0 radical (unpaired) electrons. The maximum Gasteiger partial charge on any atom is 0.236 e. The summed E-state index contributed by atoms with van der Waals surface area (Å²) in [5.41, 5.74) is 0. The summed E-state index contributed by atoms with van der Waals surface area (Å²) in [6.45, 7) is 10.1. The zero-order valence-corrected chi connectivity index (χ0v) is 12.1. The summed E-state index contributed by atoms with van der Waals surface area (Å²) in [6, 6.07) is 0. The van der Waals surface area contributed by atoms with Crippen molar-refractivity contribution in [3.05, 3.63) is 0 Å². The molecule has 0 aromatic heterocycles. The van der Waals surface area contributed by atoms with Crippen LogP contribution in [0.5, 0.6) is 0 Å². The number of hydrogen-bond donors (Lipinski definition) is 1. The highest BCUT2D eigenvalue weighted by Gasteiger charge is 2.26. The van der Waals surface area contributed by atoms with Crippen LogP contribution in [-0.2, 0) is 4.79 Å². The smallest absolute Gasteiger partial charge is 0.236 e. The van der Waals surface area contributed by atoms with Crippen LogP contribution < -0.4 is 5.32 Å². The lowest BCUT2D eigenvalue weighted by molar-refractivity contribution is -0.129. The lowest BCUT2D eigenvalue weighted by Gasteiger charge is -2.22. The largest absolute Gasteiger partial charge is 0.341 e. The van der Waals surface area contributed by atoms with Gasteiger partial charge in [-0.1, -0.05) is 13.8 Å². The molecule has 1 atom stereocenters. The van der Waals surface area contributed by atoms with Crippen LogP contribution in [0.3, 0.4) is 0 Å². The number of carbonyl (C=O) groups is 1. The van der Waals surface area contributed by atoms with E-state index in [1.165, 1.54) is 0 Å². The molecule has 1 N–H and O–H groups in total. The summed E-state index contributed by atoms with van der Waals surface area (Å²) in [6.07, 6.45) is 1.16. The molecule has 0 saturated carbocycles. The molecule has 102 valence electrons. The summed E-state index contributed by atoms with van der Waals surface area (Å²) >= 11 is 0. The Morgan fingerprint density at radius 1 is 1.41 bits per heavy atom. The van der Waals surface area contributed by atoms with Gasteiger partial charge in [0.25, 0.3) is 0 Å². The van der Waals surface area contributed by atoms with Gasteiger partial charge in [0.1, 0.15) is 0 Å². The number of nitrogens with one attached hydrogen (secondary N) is 1. The zero-order chi connectivity index (χ0) is 12.0. The van der Waals surface area contributed by atoms with Crippen molar-refractivity contribution in [2.45, 2.75) is 20.3 Å².